The molecule has 2 N–H and O–H groups in total. The minimum Gasteiger partial charge on any atom is -0.303 e. The lowest BCUT2D eigenvalue weighted by Gasteiger charge is -2.14. The van der Waals surface area contributed by atoms with Crippen LogP contribution in [0.1, 0.15) is 24.4 Å². The topological polar surface area (TPSA) is 53.6 Å². The Morgan fingerprint density at radius 1 is 1.44 bits per heavy atom. The van der Waals surface area contributed by atoms with Gasteiger partial charge in [-0.05, 0) is 18.6 Å². The van der Waals surface area contributed by atoms with Crippen LogP contribution in [0, 0.1) is 0 Å². The molecule has 0 saturated heterocycles. The first-order chi connectivity index (χ1) is 7.77. The molecule has 0 spiro atoms. The van der Waals surface area contributed by atoms with E-state index in [0.29, 0.717) is 6.54 Å². The predicted octanol–water partition coefficient (Wildman–Crippen LogP) is 2.42. The van der Waals surface area contributed by atoms with Crippen molar-refractivity contribution >= 4 is 15.9 Å². The van der Waals surface area contributed by atoms with Crippen LogP contribution >= 0.6 is 15.9 Å². The monoisotopic (exact) mass is 280 g/mol. The summed E-state index contributed by atoms with van der Waals surface area (Å²) in [4.78, 5) is 4.06. The van der Waals surface area contributed by atoms with E-state index in [1.54, 1.807) is 0 Å². The summed E-state index contributed by atoms with van der Waals surface area (Å²) >= 11 is 3.54. The van der Waals surface area contributed by atoms with Crippen LogP contribution in [-0.2, 0) is 6.54 Å². The second kappa shape index (κ2) is 5.23. The number of hydrogen-bond donors (Lipinski definition) is 2. The summed E-state index contributed by atoms with van der Waals surface area (Å²) in [5.74, 6) is 0.846. The standard InChI is InChI=1S/C11H13BrN4/c1-8(9-4-2-3-5-10(9)12)13-6-11-14-7-15-16-11/h2-5,7-8,13H,6H2,1H3,(H,14,15,16). The number of benzene rings is 1. The predicted molar refractivity (Wildman–Crippen MR) is 65.8 cm³/mol. The first kappa shape index (κ1) is 11.3. The lowest BCUT2D eigenvalue weighted by atomic mass is 10.1. The first-order valence-electron chi connectivity index (χ1n) is 5.09. The maximum absolute atomic E-state index is 4.06. The molecule has 1 aromatic carbocycles. The molecule has 4 nitrogen and oxygen atoms in total. The van der Waals surface area contributed by atoms with E-state index in [2.05, 4.69) is 49.4 Å². The molecule has 1 heterocycles. The number of rotatable bonds is 4. The van der Waals surface area contributed by atoms with Gasteiger partial charge in [-0.25, -0.2) is 4.98 Å². The number of halogens is 1. The van der Waals surface area contributed by atoms with Crippen molar-refractivity contribution in [2.45, 2.75) is 19.5 Å². The van der Waals surface area contributed by atoms with Crippen LogP contribution in [0.15, 0.2) is 35.1 Å². The summed E-state index contributed by atoms with van der Waals surface area (Å²) in [6, 6.07) is 8.45. The smallest absolute Gasteiger partial charge is 0.138 e. The van der Waals surface area contributed by atoms with E-state index in [0.717, 1.165) is 10.3 Å². The fourth-order valence-electron chi connectivity index (χ4n) is 1.50. The summed E-state index contributed by atoms with van der Waals surface area (Å²) < 4.78 is 1.12. The van der Waals surface area contributed by atoms with Gasteiger partial charge in [0.25, 0.3) is 0 Å². The molecule has 0 radical (unpaired) electrons. The Hall–Kier alpha value is -1.20. The molecule has 0 saturated carbocycles. The van der Waals surface area contributed by atoms with E-state index in [1.807, 2.05) is 18.2 Å². The third-order valence-electron chi connectivity index (χ3n) is 2.41. The molecule has 1 aromatic heterocycles. The Kier molecular flexibility index (Phi) is 3.69. The van der Waals surface area contributed by atoms with E-state index in [9.17, 15) is 0 Å². The summed E-state index contributed by atoms with van der Waals surface area (Å²) in [5, 5.41) is 10.0. The van der Waals surface area contributed by atoms with Crippen molar-refractivity contribution in [3.05, 3.63) is 46.5 Å². The Labute approximate surface area is 103 Å². The molecule has 2 rings (SSSR count). The molecule has 0 amide bonds. The first-order valence-corrected chi connectivity index (χ1v) is 5.88. The van der Waals surface area contributed by atoms with E-state index in [1.165, 1.54) is 11.9 Å². The summed E-state index contributed by atoms with van der Waals surface area (Å²) in [7, 11) is 0. The van der Waals surface area contributed by atoms with Crippen molar-refractivity contribution in [1.82, 2.24) is 20.5 Å². The van der Waals surface area contributed by atoms with Gasteiger partial charge < -0.3 is 5.32 Å². The van der Waals surface area contributed by atoms with Gasteiger partial charge in [0, 0.05) is 10.5 Å². The van der Waals surface area contributed by atoms with Gasteiger partial charge in [-0.3, -0.25) is 5.10 Å². The van der Waals surface area contributed by atoms with Gasteiger partial charge in [0.15, 0.2) is 0 Å². The van der Waals surface area contributed by atoms with Crippen molar-refractivity contribution in [3.8, 4) is 0 Å². The van der Waals surface area contributed by atoms with Crippen molar-refractivity contribution in [3.63, 3.8) is 0 Å². The Morgan fingerprint density at radius 2 is 2.25 bits per heavy atom. The zero-order valence-corrected chi connectivity index (χ0v) is 10.5. The number of aromatic nitrogens is 3. The molecule has 16 heavy (non-hydrogen) atoms. The van der Waals surface area contributed by atoms with Gasteiger partial charge in [-0.2, -0.15) is 5.10 Å². The van der Waals surface area contributed by atoms with E-state index >= 15 is 0 Å². The van der Waals surface area contributed by atoms with E-state index in [4.69, 9.17) is 0 Å². The molecule has 0 aliphatic carbocycles. The molecule has 0 aliphatic rings. The second-order valence-corrected chi connectivity index (χ2v) is 4.41. The van der Waals surface area contributed by atoms with Crippen LogP contribution in [0.3, 0.4) is 0 Å². The van der Waals surface area contributed by atoms with Crippen LogP contribution in [0.4, 0.5) is 0 Å². The maximum atomic E-state index is 4.06. The lowest BCUT2D eigenvalue weighted by Crippen LogP contribution is -2.19. The highest BCUT2D eigenvalue weighted by molar-refractivity contribution is 9.10. The van der Waals surface area contributed by atoms with Crippen molar-refractivity contribution in [2.75, 3.05) is 0 Å². The molecule has 1 atom stereocenters. The molecule has 2 aromatic rings. The van der Waals surface area contributed by atoms with E-state index < -0.39 is 0 Å². The largest absolute Gasteiger partial charge is 0.303 e. The summed E-state index contributed by atoms with van der Waals surface area (Å²) in [6.07, 6.45) is 1.51. The summed E-state index contributed by atoms with van der Waals surface area (Å²) in [5.41, 5.74) is 1.24. The molecule has 1 unspecified atom stereocenters. The average molecular weight is 281 g/mol. The van der Waals surface area contributed by atoms with Gasteiger partial charge in [0.05, 0.1) is 6.54 Å². The molecule has 0 aliphatic heterocycles. The molecule has 84 valence electrons. The average Bonchev–Trinajstić information content (AvgIpc) is 2.79. The third kappa shape index (κ3) is 2.68. The molecular weight excluding hydrogens is 268 g/mol. The molecule has 5 heteroatoms. The van der Waals surface area contributed by atoms with Crippen LogP contribution < -0.4 is 5.32 Å². The minimum absolute atomic E-state index is 0.265. The molecular formula is C11H13BrN4. The van der Waals surface area contributed by atoms with Gasteiger partial charge >= 0.3 is 0 Å². The second-order valence-electron chi connectivity index (χ2n) is 3.56. The van der Waals surface area contributed by atoms with Crippen LogP contribution in [0.5, 0.6) is 0 Å². The van der Waals surface area contributed by atoms with E-state index in [-0.39, 0.29) is 6.04 Å². The van der Waals surface area contributed by atoms with Crippen LogP contribution in [0.25, 0.3) is 0 Å². The van der Waals surface area contributed by atoms with Crippen molar-refractivity contribution in [2.24, 2.45) is 0 Å². The van der Waals surface area contributed by atoms with Gasteiger partial charge in [-0.1, -0.05) is 34.1 Å². The highest BCUT2D eigenvalue weighted by atomic mass is 79.9. The SMILES string of the molecule is CC(NCc1ncn[nH]1)c1ccccc1Br. The molecule has 0 bridgehead atoms. The van der Waals surface area contributed by atoms with Crippen molar-refractivity contribution in [1.29, 1.82) is 0 Å². The molecule has 0 fully saturated rings. The number of nitrogens with one attached hydrogen (secondary N) is 2. The van der Waals surface area contributed by atoms with Crippen molar-refractivity contribution < 1.29 is 0 Å². The third-order valence-corrected chi connectivity index (χ3v) is 3.13. The minimum atomic E-state index is 0.265. The highest BCUT2D eigenvalue weighted by Gasteiger charge is 2.08. The summed E-state index contributed by atoms with van der Waals surface area (Å²) in [6.45, 7) is 2.80. The maximum Gasteiger partial charge on any atom is 0.138 e. The van der Waals surface area contributed by atoms with Crippen LogP contribution in [-0.4, -0.2) is 15.2 Å². The fourth-order valence-corrected chi connectivity index (χ4v) is 2.13. The van der Waals surface area contributed by atoms with Crippen LogP contribution in [0.2, 0.25) is 0 Å². The highest BCUT2D eigenvalue weighted by Crippen LogP contribution is 2.22. The number of aromatic amines is 1. The normalized spacial score (nSPS) is 12.6. The zero-order chi connectivity index (χ0) is 11.4. The van der Waals surface area contributed by atoms with Gasteiger partial charge in [-0.15, -0.1) is 0 Å². The quantitative estimate of drug-likeness (QED) is 0.905. The van der Waals surface area contributed by atoms with Gasteiger partial charge in [0.1, 0.15) is 12.2 Å². The fraction of sp³-hybridized carbons (Fsp3) is 0.273. The lowest BCUT2D eigenvalue weighted by molar-refractivity contribution is 0.558. The Morgan fingerprint density at radius 3 is 2.94 bits per heavy atom. The Bertz CT molecular complexity index is 441. The van der Waals surface area contributed by atoms with Gasteiger partial charge in [0.2, 0.25) is 0 Å². The Balaban J connectivity index is 1.98. The number of H-pyrrole nitrogens is 1. The number of hydrogen-bond acceptors (Lipinski definition) is 3. The number of nitrogens with zero attached hydrogens (tertiary/aromatic N) is 2. The zero-order valence-electron chi connectivity index (χ0n) is 8.94.